The number of anilines is 1. The predicted octanol–water partition coefficient (Wildman–Crippen LogP) is 3.16. The Morgan fingerprint density at radius 2 is 2.05 bits per heavy atom. The maximum absolute atomic E-state index is 12.3. The van der Waals surface area contributed by atoms with Crippen LogP contribution in [-0.4, -0.2) is 21.6 Å². The fraction of sp³-hybridized carbons (Fsp3) is 0.250. The molecule has 0 atom stereocenters. The van der Waals surface area contributed by atoms with E-state index in [2.05, 4.69) is 12.2 Å². The van der Waals surface area contributed by atoms with Crippen LogP contribution in [0, 0.1) is 6.92 Å². The molecule has 1 heterocycles. The Bertz CT molecular complexity index is 674. The molecule has 0 aliphatic heterocycles. The largest absolute Gasteiger partial charge is 0.478 e. The fourth-order valence-corrected chi connectivity index (χ4v) is 2.23. The molecule has 2 N–H and O–H groups in total. The van der Waals surface area contributed by atoms with E-state index in [1.807, 2.05) is 16.8 Å². The number of amides is 1. The minimum Gasteiger partial charge on any atom is -0.478 e. The lowest BCUT2D eigenvalue weighted by Crippen LogP contribution is -2.17. The van der Waals surface area contributed by atoms with Gasteiger partial charge in [-0.2, -0.15) is 0 Å². The van der Waals surface area contributed by atoms with Crippen molar-refractivity contribution in [3.8, 4) is 0 Å². The van der Waals surface area contributed by atoms with Gasteiger partial charge in [-0.25, -0.2) is 4.79 Å². The third-order valence-corrected chi connectivity index (χ3v) is 3.24. The smallest absolute Gasteiger partial charge is 0.335 e. The highest BCUT2D eigenvalue weighted by molar-refractivity contribution is 6.03. The van der Waals surface area contributed by atoms with E-state index < -0.39 is 5.97 Å². The summed E-state index contributed by atoms with van der Waals surface area (Å²) in [5.74, 6) is -1.17. The van der Waals surface area contributed by atoms with Crippen molar-refractivity contribution in [3.63, 3.8) is 0 Å². The summed E-state index contributed by atoms with van der Waals surface area (Å²) in [5, 5.41) is 11.8. The first-order valence-electron chi connectivity index (χ1n) is 6.83. The van der Waals surface area contributed by atoms with Crippen molar-refractivity contribution in [2.24, 2.45) is 0 Å². The van der Waals surface area contributed by atoms with Gasteiger partial charge in [0.15, 0.2) is 0 Å². The Hall–Kier alpha value is -2.56. The summed E-state index contributed by atoms with van der Waals surface area (Å²) < 4.78 is 1.90. The maximum Gasteiger partial charge on any atom is 0.335 e. The number of carboxylic acids is 1. The molecule has 0 aliphatic carbocycles. The topological polar surface area (TPSA) is 71.3 Å². The van der Waals surface area contributed by atoms with Gasteiger partial charge in [0.1, 0.15) is 5.69 Å². The number of aromatic carboxylic acids is 1. The molecule has 1 aromatic heterocycles. The van der Waals surface area contributed by atoms with Crippen molar-refractivity contribution in [1.82, 2.24) is 4.57 Å². The molecule has 5 heteroatoms. The molecular weight excluding hydrogens is 268 g/mol. The monoisotopic (exact) mass is 286 g/mol. The molecular formula is C16H18N2O3. The van der Waals surface area contributed by atoms with Crippen molar-refractivity contribution in [2.45, 2.75) is 26.8 Å². The van der Waals surface area contributed by atoms with Crippen molar-refractivity contribution in [1.29, 1.82) is 0 Å². The minimum atomic E-state index is -0.970. The first-order chi connectivity index (χ1) is 10.0. The number of benzene rings is 1. The van der Waals surface area contributed by atoms with Gasteiger partial charge in [-0.15, -0.1) is 0 Å². The lowest BCUT2D eigenvalue weighted by Gasteiger charge is -2.10. The molecule has 1 aromatic carbocycles. The van der Waals surface area contributed by atoms with Crippen LogP contribution in [-0.2, 0) is 6.54 Å². The molecule has 0 fully saturated rings. The zero-order chi connectivity index (χ0) is 15.4. The van der Waals surface area contributed by atoms with Crippen molar-refractivity contribution < 1.29 is 14.7 Å². The second-order valence-corrected chi connectivity index (χ2v) is 4.88. The normalized spacial score (nSPS) is 10.4. The van der Waals surface area contributed by atoms with Gasteiger partial charge in [0.2, 0.25) is 0 Å². The van der Waals surface area contributed by atoms with Crippen LogP contribution in [0.15, 0.2) is 36.5 Å². The van der Waals surface area contributed by atoms with Gasteiger partial charge in [0, 0.05) is 18.4 Å². The van der Waals surface area contributed by atoms with Gasteiger partial charge in [0.25, 0.3) is 5.91 Å². The SMILES string of the molecule is CCCn1cccc1C(=O)Nc1ccc(C(=O)O)c(C)c1. The van der Waals surface area contributed by atoms with Crippen LogP contribution in [0.4, 0.5) is 5.69 Å². The van der Waals surface area contributed by atoms with Crippen LogP contribution in [0.1, 0.15) is 39.8 Å². The van der Waals surface area contributed by atoms with Gasteiger partial charge in [0.05, 0.1) is 5.56 Å². The molecule has 21 heavy (non-hydrogen) atoms. The first kappa shape index (κ1) is 14.8. The predicted molar refractivity (Wildman–Crippen MR) is 80.8 cm³/mol. The standard InChI is InChI=1S/C16H18N2O3/c1-3-8-18-9-4-5-14(18)15(19)17-12-6-7-13(16(20)21)11(2)10-12/h4-7,9-10H,3,8H2,1-2H3,(H,17,19)(H,20,21). The second-order valence-electron chi connectivity index (χ2n) is 4.88. The number of aromatic nitrogens is 1. The van der Waals surface area contributed by atoms with Crippen LogP contribution in [0.2, 0.25) is 0 Å². The summed E-state index contributed by atoms with van der Waals surface area (Å²) in [4.78, 5) is 23.2. The Morgan fingerprint density at radius 1 is 1.29 bits per heavy atom. The van der Waals surface area contributed by atoms with Crippen LogP contribution >= 0.6 is 0 Å². The third-order valence-electron chi connectivity index (χ3n) is 3.24. The van der Waals surface area contributed by atoms with E-state index in [0.29, 0.717) is 16.9 Å². The molecule has 2 aromatic rings. The third kappa shape index (κ3) is 3.31. The van der Waals surface area contributed by atoms with Crippen LogP contribution in [0.5, 0.6) is 0 Å². The second kappa shape index (κ2) is 6.26. The highest BCUT2D eigenvalue weighted by Crippen LogP contribution is 2.16. The van der Waals surface area contributed by atoms with Gasteiger partial charge in [-0.1, -0.05) is 6.92 Å². The van der Waals surface area contributed by atoms with E-state index in [9.17, 15) is 9.59 Å². The number of rotatable bonds is 5. The number of hydrogen-bond donors (Lipinski definition) is 2. The fourth-order valence-electron chi connectivity index (χ4n) is 2.23. The summed E-state index contributed by atoms with van der Waals surface area (Å²) in [6.07, 6.45) is 2.82. The van der Waals surface area contributed by atoms with Crippen LogP contribution in [0.25, 0.3) is 0 Å². The molecule has 5 nitrogen and oxygen atoms in total. The number of nitrogens with zero attached hydrogens (tertiary/aromatic N) is 1. The summed E-state index contributed by atoms with van der Waals surface area (Å²) >= 11 is 0. The van der Waals surface area contributed by atoms with Gasteiger partial charge >= 0.3 is 5.97 Å². The number of hydrogen-bond acceptors (Lipinski definition) is 2. The van der Waals surface area contributed by atoms with Gasteiger partial charge in [-0.05, 0) is 49.2 Å². The highest BCUT2D eigenvalue weighted by atomic mass is 16.4. The zero-order valence-electron chi connectivity index (χ0n) is 12.1. The Labute approximate surface area is 123 Å². The highest BCUT2D eigenvalue weighted by Gasteiger charge is 2.12. The Morgan fingerprint density at radius 3 is 2.67 bits per heavy atom. The molecule has 0 bridgehead atoms. The quantitative estimate of drug-likeness (QED) is 0.887. The molecule has 110 valence electrons. The van der Waals surface area contributed by atoms with E-state index in [1.54, 1.807) is 25.1 Å². The maximum atomic E-state index is 12.3. The van der Waals surface area contributed by atoms with Crippen LogP contribution in [0.3, 0.4) is 0 Å². The summed E-state index contributed by atoms with van der Waals surface area (Å²) in [5.41, 5.74) is 2.04. The molecule has 0 unspecified atom stereocenters. The number of carbonyl (C=O) groups is 2. The van der Waals surface area contributed by atoms with Gasteiger partial charge in [-0.3, -0.25) is 4.79 Å². The van der Waals surface area contributed by atoms with Crippen molar-refractivity contribution in [2.75, 3.05) is 5.32 Å². The van der Waals surface area contributed by atoms with E-state index in [4.69, 9.17) is 5.11 Å². The molecule has 0 spiro atoms. The van der Waals surface area contributed by atoms with E-state index in [-0.39, 0.29) is 11.5 Å². The first-order valence-corrected chi connectivity index (χ1v) is 6.83. The lowest BCUT2D eigenvalue weighted by atomic mass is 10.1. The van der Waals surface area contributed by atoms with Crippen molar-refractivity contribution in [3.05, 3.63) is 53.3 Å². The number of aryl methyl sites for hydroxylation is 2. The van der Waals surface area contributed by atoms with E-state index in [0.717, 1.165) is 13.0 Å². The summed E-state index contributed by atoms with van der Waals surface area (Å²) in [6.45, 7) is 4.54. The Balaban J connectivity index is 2.18. The number of nitrogens with one attached hydrogen (secondary N) is 1. The summed E-state index contributed by atoms with van der Waals surface area (Å²) in [7, 11) is 0. The molecule has 0 saturated heterocycles. The average molecular weight is 286 g/mol. The molecule has 0 saturated carbocycles. The molecule has 2 rings (SSSR count). The van der Waals surface area contributed by atoms with E-state index >= 15 is 0 Å². The van der Waals surface area contributed by atoms with Crippen molar-refractivity contribution >= 4 is 17.6 Å². The van der Waals surface area contributed by atoms with Crippen LogP contribution < -0.4 is 5.32 Å². The summed E-state index contributed by atoms with van der Waals surface area (Å²) in [6, 6.07) is 8.36. The van der Waals surface area contributed by atoms with Gasteiger partial charge < -0.3 is 15.0 Å². The molecule has 0 aliphatic rings. The number of carbonyl (C=O) groups excluding carboxylic acids is 1. The Kier molecular flexibility index (Phi) is 4.42. The average Bonchev–Trinajstić information content (AvgIpc) is 2.87. The molecule has 1 amide bonds. The lowest BCUT2D eigenvalue weighted by molar-refractivity contribution is 0.0696. The zero-order valence-corrected chi connectivity index (χ0v) is 12.1. The number of carboxylic acid groups (broad SMARTS) is 1. The van der Waals surface area contributed by atoms with E-state index in [1.165, 1.54) is 6.07 Å². The molecule has 0 radical (unpaired) electrons. The minimum absolute atomic E-state index is 0.198.